The fraction of sp³-hybridized carbons (Fsp3) is 0.467. The van der Waals surface area contributed by atoms with Crippen molar-refractivity contribution in [2.75, 3.05) is 11.9 Å². The van der Waals surface area contributed by atoms with E-state index in [4.69, 9.17) is 0 Å². The lowest BCUT2D eigenvalue weighted by molar-refractivity contribution is -0.140. The molecule has 1 saturated heterocycles. The molecule has 0 bridgehead atoms. The van der Waals surface area contributed by atoms with Crippen molar-refractivity contribution >= 4 is 34.2 Å². The third kappa shape index (κ3) is 2.81. The van der Waals surface area contributed by atoms with Crippen LogP contribution in [0.2, 0.25) is 0 Å². The van der Waals surface area contributed by atoms with Crippen molar-refractivity contribution in [2.24, 2.45) is 11.8 Å². The molecule has 0 saturated carbocycles. The van der Waals surface area contributed by atoms with Crippen LogP contribution in [0.3, 0.4) is 0 Å². The number of hydrogen-bond acceptors (Lipinski definition) is 5. The molecule has 1 aromatic rings. The minimum Gasteiger partial charge on any atom is -0.302 e. The van der Waals surface area contributed by atoms with E-state index in [9.17, 15) is 14.4 Å². The van der Waals surface area contributed by atoms with Crippen molar-refractivity contribution in [1.29, 1.82) is 0 Å². The number of aromatic nitrogens is 1. The number of amides is 3. The monoisotopic (exact) mass is 319 g/mol. The molecule has 0 aromatic carbocycles. The second-order valence-electron chi connectivity index (χ2n) is 5.56. The molecule has 2 aliphatic rings. The molecule has 1 aliphatic carbocycles. The van der Waals surface area contributed by atoms with Gasteiger partial charge >= 0.3 is 0 Å². The maximum absolute atomic E-state index is 12.3. The van der Waals surface area contributed by atoms with Gasteiger partial charge < -0.3 is 5.32 Å². The van der Waals surface area contributed by atoms with Crippen LogP contribution in [0.1, 0.15) is 24.1 Å². The van der Waals surface area contributed by atoms with Crippen molar-refractivity contribution in [1.82, 2.24) is 9.88 Å². The van der Waals surface area contributed by atoms with E-state index in [1.165, 1.54) is 16.2 Å². The Hall–Kier alpha value is -2.02. The van der Waals surface area contributed by atoms with Crippen LogP contribution >= 0.6 is 11.3 Å². The van der Waals surface area contributed by atoms with Crippen LogP contribution in [-0.4, -0.2) is 34.2 Å². The SMILES string of the molecule is Cc1cnc(NC(=O)CCN2C(=O)[C@H]3CC=CC[C@@H]3C2=O)s1. The number of imide groups is 1. The highest BCUT2D eigenvalue weighted by molar-refractivity contribution is 7.15. The van der Waals surface area contributed by atoms with Gasteiger partial charge in [-0.1, -0.05) is 12.2 Å². The van der Waals surface area contributed by atoms with E-state index in [-0.39, 0.29) is 42.5 Å². The van der Waals surface area contributed by atoms with Crippen LogP contribution in [-0.2, 0) is 14.4 Å². The summed E-state index contributed by atoms with van der Waals surface area (Å²) >= 11 is 1.39. The molecule has 1 aliphatic heterocycles. The van der Waals surface area contributed by atoms with Gasteiger partial charge in [-0.2, -0.15) is 0 Å². The first kappa shape index (κ1) is 14.9. The highest BCUT2D eigenvalue weighted by Gasteiger charge is 2.46. The van der Waals surface area contributed by atoms with Gasteiger partial charge in [0.05, 0.1) is 11.8 Å². The van der Waals surface area contributed by atoms with E-state index in [1.807, 2.05) is 19.1 Å². The summed E-state index contributed by atoms with van der Waals surface area (Å²) in [5.74, 6) is -0.984. The summed E-state index contributed by atoms with van der Waals surface area (Å²) in [7, 11) is 0. The Balaban J connectivity index is 1.56. The number of hydrogen-bond donors (Lipinski definition) is 1. The van der Waals surface area contributed by atoms with Gasteiger partial charge in [0.15, 0.2) is 5.13 Å². The topological polar surface area (TPSA) is 79.4 Å². The molecular weight excluding hydrogens is 302 g/mol. The largest absolute Gasteiger partial charge is 0.302 e. The number of anilines is 1. The zero-order valence-corrected chi connectivity index (χ0v) is 13.1. The predicted molar refractivity (Wildman–Crippen MR) is 82.2 cm³/mol. The molecule has 3 amide bonds. The number of carbonyl (C=O) groups excluding carboxylic acids is 3. The van der Waals surface area contributed by atoms with Crippen molar-refractivity contribution in [3.8, 4) is 0 Å². The first-order valence-electron chi connectivity index (χ1n) is 7.29. The molecule has 6 nitrogen and oxygen atoms in total. The van der Waals surface area contributed by atoms with Gasteiger partial charge in [-0.3, -0.25) is 19.3 Å². The minimum atomic E-state index is -0.234. The average Bonchev–Trinajstić information content (AvgIpc) is 3.01. The van der Waals surface area contributed by atoms with E-state index in [0.717, 1.165) is 4.88 Å². The zero-order chi connectivity index (χ0) is 15.7. The van der Waals surface area contributed by atoms with Crippen molar-refractivity contribution in [2.45, 2.75) is 26.2 Å². The lowest BCUT2D eigenvalue weighted by atomic mass is 9.85. The van der Waals surface area contributed by atoms with E-state index >= 15 is 0 Å². The number of thiazole rings is 1. The molecule has 2 heterocycles. The Morgan fingerprint density at radius 2 is 1.95 bits per heavy atom. The first-order chi connectivity index (χ1) is 10.6. The van der Waals surface area contributed by atoms with E-state index < -0.39 is 0 Å². The van der Waals surface area contributed by atoms with E-state index in [1.54, 1.807) is 6.20 Å². The van der Waals surface area contributed by atoms with Gasteiger partial charge in [0.25, 0.3) is 0 Å². The maximum atomic E-state index is 12.3. The molecule has 2 atom stereocenters. The number of carbonyl (C=O) groups is 3. The summed E-state index contributed by atoms with van der Waals surface area (Å²) in [6, 6.07) is 0. The molecule has 0 radical (unpaired) electrons. The Morgan fingerprint density at radius 1 is 1.32 bits per heavy atom. The van der Waals surface area contributed by atoms with Crippen LogP contribution in [0.5, 0.6) is 0 Å². The summed E-state index contributed by atoms with van der Waals surface area (Å²) in [4.78, 5) is 42.7. The Bertz CT molecular complexity index is 626. The number of nitrogens with zero attached hydrogens (tertiary/aromatic N) is 2. The number of rotatable bonds is 4. The normalized spacial score (nSPS) is 23.8. The second kappa shape index (κ2) is 6.00. The molecule has 7 heteroatoms. The first-order valence-corrected chi connectivity index (χ1v) is 8.10. The predicted octanol–water partition coefficient (Wildman–Crippen LogP) is 1.73. The Labute approximate surface area is 132 Å². The van der Waals surface area contributed by atoms with Gasteiger partial charge in [0.1, 0.15) is 0 Å². The molecule has 3 rings (SSSR count). The smallest absolute Gasteiger partial charge is 0.233 e. The molecule has 22 heavy (non-hydrogen) atoms. The molecule has 1 N–H and O–H groups in total. The fourth-order valence-electron chi connectivity index (χ4n) is 2.90. The summed E-state index contributed by atoms with van der Waals surface area (Å²) in [5.41, 5.74) is 0. The molecular formula is C15H17N3O3S. The minimum absolute atomic E-state index is 0.100. The van der Waals surface area contributed by atoms with Crippen LogP contribution in [0, 0.1) is 18.8 Å². The highest BCUT2D eigenvalue weighted by atomic mass is 32.1. The fourth-order valence-corrected chi connectivity index (χ4v) is 3.58. The number of likely N-dealkylation sites (tertiary alicyclic amines) is 1. The van der Waals surface area contributed by atoms with Crippen LogP contribution in [0.15, 0.2) is 18.3 Å². The van der Waals surface area contributed by atoms with Gasteiger partial charge in [-0.05, 0) is 19.8 Å². The van der Waals surface area contributed by atoms with Crippen LogP contribution in [0.4, 0.5) is 5.13 Å². The lowest BCUT2D eigenvalue weighted by Gasteiger charge is -2.14. The Kier molecular flexibility index (Phi) is 4.06. The molecule has 0 spiro atoms. The van der Waals surface area contributed by atoms with Gasteiger partial charge in [0.2, 0.25) is 17.7 Å². The third-order valence-corrected chi connectivity index (χ3v) is 4.86. The number of fused-ring (bicyclic) bond motifs is 1. The average molecular weight is 319 g/mol. The number of allylic oxidation sites excluding steroid dienone is 2. The van der Waals surface area contributed by atoms with Crippen molar-refractivity contribution in [3.05, 3.63) is 23.2 Å². The summed E-state index contributed by atoms with van der Waals surface area (Å²) < 4.78 is 0. The zero-order valence-electron chi connectivity index (χ0n) is 12.2. The number of aryl methyl sites for hydroxylation is 1. The summed E-state index contributed by atoms with van der Waals surface area (Å²) in [6.45, 7) is 2.05. The van der Waals surface area contributed by atoms with Gasteiger partial charge in [-0.15, -0.1) is 11.3 Å². The standard InChI is InChI=1S/C15H17N3O3S/c1-9-8-16-15(22-9)17-12(19)6-7-18-13(20)10-4-2-3-5-11(10)14(18)21/h2-3,8,10-11H,4-7H2,1H3,(H,16,17,19)/t10-,11-/m0/s1. The lowest BCUT2D eigenvalue weighted by Crippen LogP contribution is -2.34. The molecule has 1 aromatic heterocycles. The quantitative estimate of drug-likeness (QED) is 0.677. The van der Waals surface area contributed by atoms with Crippen molar-refractivity contribution < 1.29 is 14.4 Å². The molecule has 1 fully saturated rings. The molecule has 116 valence electrons. The third-order valence-electron chi connectivity index (χ3n) is 4.03. The molecule has 0 unspecified atom stereocenters. The second-order valence-corrected chi connectivity index (χ2v) is 6.79. The highest BCUT2D eigenvalue weighted by Crippen LogP contribution is 2.35. The number of nitrogens with one attached hydrogen (secondary N) is 1. The summed E-state index contributed by atoms with van der Waals surface area (Å²) in [5, 5.41) is 3.23. The Morgan fingerprint density at radius 3 is 2.50 bits per heavy atom. The van der Waals surface area contributed by atoms with E-state index in [0.29, 0.717) is 18.0 Å². The van der Waals surface area contributed by atoms with Crippen LogP contribution < -0.4 is 5.32 Å². The van der Waals surface area contributed by atoms with Gasteiger partial charge in [0, 0.05) is 24.0 Å². The van der Waals surface area contributed by atoms with Crippen LogP contribution in [0.25, 0.3) is 0 Å². The van der Waals surface area contributed by atoms with Crippen molar-refractivity contribution in [3.63, 3.8) is 0 Å². The van der Waals surface area contributed by atoms with E-state index in [2.05, 4.69) is 10.3 Å². The maximum Gasteiger partial charge on any atom is 0.233 e. The van der Waals surface area contributed by atoms with Gasteiger partial charge in [-0.25, -0.2) is 4.98 Å². The summed E-state index contributed by atoms with van der Waals surface area (Å²) in [6.07, 6.45) is 6.93.